The summed E-state index contributed by atoms with van der Waals surface area (Å²) in [5.41, 5.74) is 9.03. The molecule has 1 aromatic heterocycles. The lowest BCUT2D eigenvalue weighted by Crippen LogP contribution is -2.57. The van der Waals surface area contributed by atoms with Gasteiger partial charge in [-0.05, 0) is 38.0 Å². The van der Waals surface area contributed by atoms with Crippen LogP contribution in [0.25, 0.3) is 0 Å². The third kappa shape index (κ3) is 3.96. The van der Waals surface area contributed by atoms with Crippen molar-refractivity contribution in [3.05, 3.63) is 47.2 Å². The minimum absolute atomic E-state index is 0.0952. The zero-order chi connectivity index (χ0) is 21.4. The molecule has 1 aromatic carbocycles. The van der Waals surface area contributed by atoms with Gasteiger partial charge in [0.25, 0.3) is 0 Å². The monoisotopic (exact) mass is 431 g/mol. The molecule has 0 radical (unpaired) electrons. The standard InChI is InChI=1S/C21H26FN5O2S/c1-12-9-26(21(29)16(23)8-14-3-4-18(28)15(22)7-14)5-6-27(12)20-19-13(2)30-10-17(19)24-11-25-20/h3-4,7,11-13,16,28H,5-6,8-10,23H2,1-2H3/t12-,13-,16+/m0/s1. The molecule has 3 N–H and O–H groups in total. The van der Waals surface area contributed by atoms with Gasteiger partial charge in [0.15, 0.2) is 11.6 Å². The zero-order valence-corrected chi connectivity index (χ0v) is 17.9. The van der Waals surface area contributed by atoms with Crippen molar-refractivity contribution in [2.75, 3.05) is 24.5 Å². The van der Waals surface area contributed by atoms with Crippen LogP contribution in [-0.2, 0) is 17.0 Å². The maximum atomic E-state index is 13.6. The maximum absolute atomic E-state index is 13.6. The Kier molecular flexibility index (Phi) is 5.84. The average Bonchev–Trinajstić information content (AvgIpc) is 3.11. The fourth-order valence-electron chi connectivity index (χ4n) is 4.19. The van der Waals surface area contributed by atoms with Gasteiger partial charge in [-0.1, -0.05) is 6.07 Å². The predicted octanol–water partition coefficient (Wildman–Crippen LogP) is 2.24. The highest BCUT2D eigenvalue weighted by atomic mass is 32.2. The number of aromatic nitrogens is 2. The first-order valence-corrected chi connectivity index (χ1v) is 11.1. The van der Waals surface area contributed by atoms with Crippen LogP contribution >= 0.6 is 11.8 Å². The lowest BCUT2D eigenvalue weighted by atomic mass is 10.0. The molecule has 2 aliphatic heterocycles. The lowest BCUT2D eigenvalue weighted by Gasteiger charge is -2.42. The van der Waals surface area contributed by atoms with Gasteiger partial charge in [0.05, 0.1) is 11.7 Å². The number of halogens is 1. The highest BCUT2D eigenvalue weighted by molar-refractivity contribution is 7.99. The molecule has 0 bridgehead atoms. The number of hydrogen-bond donors (Lipinski definition) is 2. The van der Waals surface area contributed by atoms with Crippen molar-refractivity contribution in [3.8, 4) is 5.75 Å². The molecule has 1 saturated heterocycles. The van der Waals surface area contributed by atoms with E-state index in [4.69, 9.17) is 5.73 Å². The van der Waals surface area contributed by atoms with Gasteiger partial charge in [0, 0.05) is 42.2 Å². The van der Waals surface area contributed by atoms with E-state index in [-0.39, 0.29) is 18.4 Å². The summed E-state index contributed by atoms with van der Waals surface area (Å²) in [5.74, 6) is 0.616. The maximum Gasteiger partial charge on any atom is 0.239 e. The minimum atomic E-state index is -0.757. The highest BCUT2D eigenvalue weighted by Crippen LogP contribution is 2.44. The number of phenols is 1. The first kappa shape index (κ1) is 20.9. The van der Waals surface area contributed by atoms with Crippen LogP contribution < -0.4 is 10.6 Å². The van der Waals surface area contributed by atoms with Crippen molar-refractivity contribution in [2.24, 2.45) is 5.73 Å². The van der Waals surface area contributed by atoms with Gasteiger partial charge in [0.1, 0.15) is 12.1 Å². The third-order valence-electron chi connectivity index (χ3n) is 5.82. The molecular formula is C21H26FN5O2S. The second-order valence-electron chi connectivity index (χ2n) is 7.93. The van der Waals surface area contributed by atoms with Crippen molar-refractivity contribution < 1.29 is 14.3 Å². The summed E-state index contributed by atoms with van der Waals surface area (Å²) in [6, 6.07) is 3.42. The van der Waals surface area contributed by atoms with Crippen molar-refractivity contribution in [1.29, 1.82) is 0 Å². The number of amides is 1. The van der Waals surface area contributed by atoms with Crippen LogP contribution in [0.3, 0.4) is 0 Å². The van der Waals surface area contributed by atoms with Crippen LogP contribution in [0.2, 0.25) is 0 Å². The number of fused-ring (bicyclic) bond motifs is 1. The molecule has 1 amide bonds. The van der Waals surface area contributed by atoms with Crippen LogP contribution in [-0.4, -0.2) is 57.6 Å². The Labute approximate surface area is 179 Å². The molecular weight excluding hydrogens is 405 g/mol. The topological polar surface area (TPSA) is 95.6 Å². The number of carbonyl (C=O) groups excluding carboxylic acids is 1. The minimum Gasteiger partial charge on any atom is -0.505 e. The van der Waals surface area contributed by atoms with Crippen molar-refractivity contribution in [1.82, 2.24) is 14.9 Å². The summed E-state index contributed by atoms with van der Waals surface area (Å²) >= 11 is 1.86. The smallest absolute Gasteiger partial charge is 0.239 e. The largest absolute Gasteiger partial charge is 0.505 e. The lowest BCUT2D eigenvalue weighted by molar-refractivity contribution is -0.133. The van der Waals surface area contributed by atoms with Gasteiger partial charge >= 0.3 is 0 Å². The third-order valence-corrected chi connectivity index (χ3v) is 6.99. The van der Waals surface area contributed by atoms with Crippen LogP contribution in [0.4, 0.5) is 10.2 Å². The molecule has 2 aliphatic rings. The molecule has 0 unspecified atom stereocenters. The van der Waals surface area contributed by atoms with Crippen molar-refractivity contribution in [3.63, 3.8) is 0 Å². The molecule has 3 atom stereocenters. The van der Waals surface area contributed by atoms with Gasteiger partial charge in [0.2, 0.25) is 5.91 Å². The average molecular weight is 432 g/mol. The first-order chi connectivity index (χ1) is 14.3. The molecule has 30 heavy (non-hydrogen) atoms. The fourth-order valence-corrected chi connectivity index (χ4v) is 5.24. The first-order valence-electron chi connectivity index (χ1n) is 10.1. The normalized spacial score (nSPS) is 22.1. The predicted molar refractivity (Wildman–Crippen MR) is 115 cm³/mol. The highest BCUT2D eigenvalue weighted by Gasteiger charge is 2.34. The molecule has 7 nitrogen and oxygen atoms in total. The Bertz CT molecular complexity index is 959. The molecule has 1 fully saturated rings. The number of aromatic hydroxyl groups is 1. The SMILES string of the molecule is C[C@@H]1SCc2ncnc(N3CCN(C(=O)[C@H](N)Cc4ccc(O)c(F)c4)C[C@@H]3C)c21. The van der Waals surface area contributed by atoms with E-state index < -0.39 is 17.6 Å². The number of thioether (sulfide) groups is 1. The summed E-state index contributed by atoms with van der Waals surface area (Å²) in [4.78, 5) is 25.9. The molecule has 0 spiro atoms. The number of nitrogens with two attached hydrogens (primary N) is 1. The second-order valence-corrected chi connectivity index (χ2v) is 9.26. The summed E-state index contributed by atoms with van der Waals surface area (Å²) < 4.78 is 13.6. The molecule has 9 heteroatoms. The van der Waals surface area contributed by atoms with Crippen molar-refractivity contribution >= 4 is 23.5 Å². The van der Waals surface area contributed by atoms with E-state index in [1.807, 2.05) is 11.8 Å². The molecule has 2 aromatic rings. The summed E-state index contributed by atoms with van der Waals surface area (Å²) in [6.45, 7) is 6.05. The summed E-state index contributed by atoms with van der Waals surface area (Å²) in [7, 11) is 0. The fraction of sp³-hybridized carbons (Fsp3) is 0.476. The van der Waals surface area contributed by atoms with Gasteiger partial charge in [-0.15, -0.1) is 11.8 Å². The molecule has 4 rings (SSSR count). The van der Waals surface area contributed by atoms with Crippen LogP contribution in [0.5, 0.6) is 5.75 Å². The number of rotatable bonds is 4. The molecule has 0 aliphatic carbocycles. The van der Waals surface area contributed by atoms with E-state index >= 15 is 0 Å². The second kappa shape index (κ2) is 8.39. The van der Waals surface area contributed by atoms with Gasteiger partial charge < -0.3 is 20.6 Å². The zero-order valence-electron chi connectivity index (χ0n) is 17.1. The molecule has 3 heterocycles. The molecule has 0 saturated carbocycles. The van der Waals surface area contributed by atoms with E-state index in [0.29, 0.717) is 30.4 Å². The Balaban J connectivity index is 1.42. The van der Waals surface area contributed by atoms with Crippen molar-refractivity contribution in [2.45, 2.75) is 43.4 Å². The number of phenolic OH excluding ortho intramolecular Hbond substituents is 1. The Morgan fingerprint density at radius 1 is 1.37 bits per heavy atom. The van der Waals surface area contributed by atoms with Crippen LogP contribution in [0, 0.1) is 5.82 Å². The van der Waals surface area contributed by atoms with E-state index in [1.165, 1.54) is 17.7 Å². The Morgan fingerprint density at radius 2 is 2.17 bits per heavy atom. The number of benzene rings is 1. The van der Waals surface area contributed by atoms with E-state index in [2.05, 4.69) is 28.7 Å². The summed E-state index contributed by atoms with van der Waals surface area (Å²) in [5, 5.41) is 9.68. The quantitative estimate of drug-likeness (QED) is 0.766. The van der Waals surface area contributed by atoms with Crippen LogP contribution in [0.15, 0.2) is 24.5 Å². The van der Waals surface area contributed by atoms with Crippen LogP contribution in [0.1, 0.15) is 35.9 Å². The Morgan fingerprint density at radius 3 is 2.90 bits per heavy atom. The number of piperazine rings is 1. The molecule has 160 valence electrons. The van der Waals surface area contributed by atoms with Gasteiger partial charge in [-0.25, -0.2) is 14.4 Å². The Hall–Kier alpha value is -2.39. The van der Waals surface area contributed by atoms with E-state index in [9.17, 15) is 14.3 Å². The van der Waals surface area contributed by atoms with E-state index in [1.54, 1.807) is 17.3 Å². The van der Waals surface area contributed by atoms with E-state index in [0.717, 1.165) is 17.3 Å². The number of carbonyl (C=O) groups is 1. The number of anilines is 1. The number of nitrogens with zero attached hydrogens (tertiary/aromatic N) is 4. The number of hydrogen-bond acceptors (Lipinski definition) is 7. The summed E-state index contributed by atoms with van der Waals surface area (Å²) in [6.07, 6.45) is 1.85. The van der Waals surface area contributed by atoms with Gasteiger partial charge in [-0.3, -0.25) is 4.79 Å². The van der Waals surface area contributed by atoms with Gasteiger partial charge in [-0.2, -0.15) is 0 Å².